The van der Waals surface area contributed by atoms with Crippen molar-refractivity contribution in [1.82, 2.24) is 10.6 Å². The first-order valence-electron chi connectivity index (χ1n) is 9.42. The molecule has 0 spiro atoms. The summed E-state index contributed by atoms with van der Waals surface area (Å²) in [6.07, 6.45) is 8.84. The smallest absolute Gasteiger partial charge is 0.224 e. The van der Waals surface area contributed by atoms with Gasteiger partial charge in [-0.2, -0.15) is 0 Å². The molecule has 1 aromatic carbocycles. The predicted octanol–water partition coefficient (Wildman–Crippen LogP) is 3.25. The van der Waals surface area contributed by atoms with Crippen LogP contribution in [0.3, 0.4) is 0 Å². The van der Waals surface area contributed by atoms with Gasteiger partial charge in [-0.05, 0) is 51.0 Å². The lowest BCUT2D eigenvalue weighted by atomic mass is 9.97. The Kier molecular flexibility index (Phi) is 5.90. The maximum atomic E-state index is 12.2. The molecule has 25 heavy (non-hydrogen) atoms. The van der Waals surface area contributed by atoms with Crippen LogP contribution in [0.2, 0.25) is 0 Å². The third-order valence-corrected chi connectivity index (χ3v) is 5.18. The summed E-state index contributed by atoms with van der Waals surface area (Å²) in [6.45, 7) is 3.26. The first-order valence-corrected chi connectivity index (χ1v) is 9.42. The average Bonchev–Trinajstić information content (AvgIpc) is 3.43. The van der Waals surface area contributed by atoms with Crippen molar-refractivity contribution in [3.63, 3.8) is 0 Å². The molecule has 2 atom stereocenters. The maximum absolute atomic E-state index is 12.2. The molecule has 1 saturated carbocycles. The highest BCUT2D eigenvalue weighted by molar-refractivity contribution is 5.92. The maximum Gasteiger partial charge on any atom is 0.224 e. The van der Waals surface area contributed by atoms with Crippen molar-refractivity contribution in [2.75, 3.05) is 6.54 Å². The predicted molar refractivity (Wildman–Crippen MR) is 98.8 cm³/mol. The molecule has 1 aromatic rings. The van der Waals surface area contributed by atoms with E-state index in [1.165, 1.54) is 36.8 Å². The Hall–Kier alpha value is -2.10. The van der Waals surface area contributed by atoms with Crippen molar-refractivity contribution in [3.8, 4) is 0 Å². The Morgan fingerprint density at radius 1 is 1.04 bits per heavy atom. The molecular formula is C21H28N2O2. The standard InChI is InChI=1S/C21H28N2O2/c1-15-7-9-17(10-8-15)14-23-21(25)19-13-18(19)20(24)22-12-11-16-5-3-2-4-6-16/h5,7-10,18-19H,2-4,6,11-14H2,1H3,(H,22,24)(H,23,25). The first-order chi connectivity index (χ1) is 12.1. The van der Waals surface area contributed by atoms with Crippen molar-refractivity contribution in [2.24, 2.45) is 11.8 Å². The number of aryl methyl sites for hydroxylation is 1. The number of allylic oxidation sites excluding steroid dienone is 1. The Morgan fingerprint density at radius 3 is 2.44 bits per heavy atom. The number of carbonyl (C=O) groups excluding carboxylic acids is 2. The zero-order chi connectivity index (χ0) is 17.6. The van der Waals surface area contributed by atoms with Gasteiger partial charge in [0.1, 0.15) is 0 Å². The molecule has 2 aliphatic rings. The molecule has 2 aliphatic carbocycles. The van der Waals surface area contributed by atoms with Crippen LogP contribution in [-0.4, -0.2) is 18.4 Å². The van der Waals surface area contributed by atoms with E-state index >= 15 is 0 Å². The second kappa shape index (κ2) is 8.32. The van der Waals surface area contributed by atoms with E-state index in [0.29, 0.717) is 19.5 Å². The van der Waals surface area contributed by atoms with Gasteiger partial charge in [0.2, 0.25) is 11.8 Å². The fraction of sp³-hybridized carbons (Fsp3) is 0.524. The molecule has 0 bridgehead atoms. The molecule has 2 amide bonds. The Balaban J connectivity index is 1.35. The van der Waals surface area contributed by atoms with Gasteiger partial charge in [0, 0.05) is 13.1 Å². The van der Waals surface area contributed by atoms with Crippen LogP contribution in [0.25, 0.3) is 0 Å². The normalized spacial score (nSPS) is 22.0. The van der Waals surface area contributed by atoms with Gasteiger partial charge in [0.25, 0.3) is 0 Å². The van der Waals surface area contributed by atoms with E-state index in [0.717, 1.165) is 12.0 Å². The fourth-order valence-corrected chi connectivity index (χ4v) is 3.41. The van der Waals surface area contributed by atoms with Gasteiger partial charge in [-0.25, -0.2) is 0 Å². The zero-order valence-corrected chi connectivity index (χ0v) is 15.0. The topological polar surface area (TPSA) is 58.2 Å². The third-order valence-electron chi connectivity index (χ3n) is 5.18. The van der Waals surface area contributed by atoms with Crippen LogP contribution in [0.15, 0.2) is 35.9 Å². The summed E-state index contributed by atoms with van der Waals surface area (Å²) in [5, 5.41) is 5.94. The van der Waals surface area contributed by atoms with Crippen molar-refractivity contribution >= 4 is 11.8 Å². The molecule has 0 heterocycles. The highest BCUT2D eigenvalue weighted by Gasteiger charge is 2.47. The molecule has 0 radical (unpaired) electrons. The minimum Gasteiger partial charge on any atom is -0.356 e. The van der Waals surface area contributed by atoms with E-state index in [1.54, 1.807) is 0 Å². The molecule has 134 valence electrons. The third kappa shape index (κ3) is 5.18. The molecule has 4 nitrogen and oxygen atoms in total. The van der Waals surface area contributed by atoms with Gasteiger partial charge in [-0.15, -0.1) is 0 Å². The van der Waals surface area contributed by atoms with Crippen molar-refractivity contribution in [3.05, 3.63) is 47.0 Å². The highest BCUT2D eigenvalue weighted by atomic mass is 16.2. The number of hydrogen-bond donors (Lipinski definition) is 2. The number of benzene rings is 1. The van der Waals surface area contributed by atoms with Gasteiger partial charge in [0.15, 0.2) is 0 Å². The van der Waals surface area contributed by atoms with E-state index in [-0.39, 0.29) is 23.7 Å². The zero-order valence-electron chi connectivity index (χ0n) is 15.0. The number of rotatable bonds is 7. The average molecular weight is 340 g/mol. The number of carbonyl (C=O) groups is 2. The summed E-state index contributed by atoms with van der Waals surface area (Å²) in [5.74, 6) is -0.264. The second-order valence-corrected chi connectivity index (χ2v) is 7.30. The summed E-state index contributed by atoms with van der Waals surface area (Å²) in [6, 6.07) is 8.12. The summed E-state index contributed by atoms with van der Waals surface area (Å²) in [7, 11) is 0. The van der Waals surface area contributed by atoms with Crippen molar-refractivity contribution in [1.29, 1.82) is 0 Å². The SMILES string of the molecule is Cc1ccc(CNC(=O)C2CC2C(=O)NCCC2=CCCCC2)cc1. The highest BCUT2D eigenvalue weighted by Crippen LogP contribution is 2.38. The van der Waals surface area contributed by atoms with Gasteiger partial charge < -0.3 is 10.6 Å². The van der Waals surface area contributed by atoms with Crippen LogP contribution in [-0.2, 0) is 16.1 Å². The largest absolute Gasteiger partial charge is 0.356 e. The minimum atomic E-state index is -0.153. The summed E-state index contributed by atoms with van der Waals surface area (Å²) in [5.41, 5.74) is 3.76. The minimum absolute atomic E-state index is 0.00397. The van der Waals surface area contributed by atoms with Crippen molar-refractivity contribution < 1.29 is 9.59 Å². The molecule has 3 rings (SSSR count). The second-order valence-electron chi connectivity index (χ2n) is 7.30. The van der Waals surface area contributed by atoms with Crippen LogP contribution in [0, 0.1) is 18.8 Å². The lowest BCUT2D eigenvalue weighted by Gasteiger charge is -2.13. The van der Waals surface area contributed by atoms with Crippen molar-refractivity contribution in [2.45, 2.75) is 52.0 Å². The molecule has 2 N–H and O–H groups in total. The van der Waals surface area contributed by atoms with Crippen LogP contribution in [0.4, 0.5) is 0 Å². The number of hydrogen-bond acceptors (Lipinski definition) is 2. The summed E-state index contributed by atoms with van der Waals surface area (Å²) >= 11 is 0. The Labute approximate surface area is 150 Å². The first kappa shape index (κ1) is 17.7. The Morgan fingerprint density at radius 2 is 1.76 bits per heavy atom. The quantitative estimate of drug-likeness (QED) is 0.749. The van der Waals surface area contributed by atoms with Gasteiger partial charge >= 0.3 is 0 Å². The molecule has 1 fully saturated rings. The lowest BCUT2D eigenvalue weighted by molar-refractivity contribution is -0.127. The van der Waals surface area contributed by atoms with Gasteiger partial charge in [-0.1, -0.05) is 41.5 Å². The van der Waals surface area contributed by atoms with Crippen LogP contribution >= 0.6 is 0 Å². The molecule has 0 saturated heterocycles. The van der Waals surface area contributed by atoms with Crippen LogP contribution in [0.5, 0.6) is 0 Å². The molecule has 0 aliphatic heterocycles. The van der Waals surface area contributed by atoms with E-state index in [1.807, 2.05) is 31.2 Å². The molecule has 4 heteroatoms. The monoisotopic (exact) mass is 340 g/mol. The molecule has 0 aromatic heterocycles. The van der Waals surface area contributed by atoms with E-state index in [9.17, 15) is 9.59 Å². The Bertz CT molecular complexity index is 648. The fourth-order valence-electron chi connectivity index (χ4n) is 3.41. The number of nitrogens with one attached hydrogen (secondary N) is 2. The van der Waals surface area contributed by atoms with Gasteiger partial charge in [-0.3, -0.25) is 9.59 Å². The number of amides is 2. The van der Waals surface area contributed by atoms with E-state index in [2.05, 4.69) is 16.7 Å². The van der Waals surface area contributed by atoms with E-state index < -0.39 is 0 Å². The summed E-state index contributed by atoms with van der Waals surface area (Å²) in [4.78, 5) is 24.3. The summed E-state index contributed by atoms with van der Waals surface area (Å²) < 4.78 is 0. The van der Waals surface area contributed by atoms with Gasteiger partial charge in [0.05, 0.1) is 11.8 Å². The van der Waals surface area contributed by atoms with Crippen LogP contribution < -0.4 is 10.6 Å². The molecule has 2 unspecified atom stereocenters. The van der Waals surface area contributed by atoms with Crippen LogP contribution in [0.1, 0.15) is 49.7 Å². The van der Waals surface area contributed by atoms with E-state index in [4.69, 9.17) is 0 Å². The molecular weight excluding hydrogens is 312 g/mol. The lowest BCUT2D eigenvalue weighted by Crippen LogP contribution is -2.30.